The van der Waals surface area contributed by atoms with Crippen LogP contribution in [0.25, 0.3) is 6.08 Å². The molecule has 5 rings (SSSR count). The van der Waals surface area contributed by atoms with Crippen LogP contribution in [0, 0.1) is 11.6 Å². The van der Waals surface area contributed by atoms with E-state index in [1.807, 2.05) is 0 Å². The molecule has 3 aromatic rings. The summed E-state index contributed by atoms with van der Waals surface area (Å²) in [6.07, 6.45) is 3.45. The largest absolute Gasteiger partial charge is 0.479 e. The molecule has 1 unspecified atom stereocenters. The number of carbonyl (C=O) groups excluding carboxylic acids is 2. The van der Waals surface area contributed by atoms with Gasteiger partial charge in [-0.25, -0.2) is 22.0 Å². The van der Waals surface area contributed by atoms with Crippen molar-refractivity contribution in [3.8, 4) is 0 Å². The zero-order valence-electron chi connectivity index (χ0n) is 22.5. The molecule has 43 heavy (non-hydrogen) atoms. The number of rotatable bonds is 7. The van der Waals surface area contributed by atoms with Crippen LogP contribution < -0.4 is 5.32 Å². The smallest absolute Gasteiger partial charge is 0.330 e. The summed E-state index contributed by atoms with van der Waals surface area (Å²) in [6.45, 7) is 0.258. The van der Waals surface area contributed by atoms with Crippen LogP contribution >= 0.6 is 23.2 Å². The standard InChI is InChI=1S/C30H24Cl2F2N2O6S/c1-43(41,42)18-5-2-4-16(12-18)21-14-30(21,29(39)40)35-28(38)26-22(31)13-17-15-36(11-10-19(17)27(26)32)25(37)9-8-20-23(33)6-3-7-24(20)34/h2-9,12-13,21H,10-11,14-15H2,1H3,(H,35,38)(H,39,40)/b9-8+/t21-,30?/m0/s1. The van der Waals surface area contributed by atoms with Crippen molar-refractivity contribution in [1.82, 2.24) is 10.2 Å². The van der Waals surface area contributed by atoms with Crippen LogP contribution in [0.4, 0.5) is 8.78 Å². The number of fused-ring (bicyclic) bond motifs is 1. The SMILES string of the molecule is CS(=O)(=O)c1cccc([C@@H]2CC2(NC(=O)c2c(Cl)cc3c(c2Cl)CCN(C(=O)/C=C/c2c(F)cccc2F)C3)C(=O)O)c1. The number of nitrogens with one attached hydrogen (secondary N) is 1. The summed E-state index contributed by atoms with van der Waals surface area (Å²) >= 11 is 13.1. The molecule has 1 aliphatic carbocycles. The molecule has 1 heterocycles. The van der Waals surface area contributed by atoms with Gasteiger partial charge in [-0.2, -0.15) is 0 Å². The average molecular weight is 649 g/mol. The van der Waals surface area contributed by atoms with Crippen molar-refractivity contribution in [3.05, 3.63) is 104 Å². The van der Waals surface area contributed by atoms with E-state index in [1.54, 1.807) is 6.07 Å². The number of aliphatic carboxylic acids is 1. The molecule has 2 amide bonds. The third kappa shape index (κ3) is 5.89. The third-order valence-electron chi connectivity index (χ3n) is 7.70. The quantitative estimate of drug-likeness (QED) is 0.347. The molecule has 2 N–H and O–H groups in total. The molecule has 224 valence electrons. The van der Waals surface area contributed by atoms with Gasteiger partial charge in [0.2, 0.25) is 5.91 Å². The summed E-state index contributed by atoms with van der Waals surface area (Å²) in [5.74, 6) is -4.89. The summed E-state index contributed by atoms with van der Waals surface area (Å²) in [5.41, 5.74) is -0.579. The minimum atomic E-state index is -3.53. The molecule has 0 aromatic heterocycles. The first-order valence-corrected chi connectivity index (χ1v) is 15.6. The molecule has 1 aliphatic heterocycles. The molecular weight excluding hydrogens is 625 g/mol. The minimum Gasteiger partial charge on any atom is -0.479 e. The maximum absolute atomic E-state index is 13.9. The van der Waals surface area contributed by atoms with Gasteiger partial charge in [-0.15, -0.1) is 0 Å². The Kier molecular flexibility index (Phi) is 8.10. The Balaban J connectivity index is 1.35. The molecule has 0 radical (unpaired) electrons. The van der Waals surface area contributed by atoms with Gasteiger partial charge in [0, 0.05) is 36.9 Å². The van der Waals surface area contributed by atoms with Crippen LogP contribution in [-0.2, 0) is 32.4 Å². The molecule has 0 saturated heterocycles. The highest BCUT2D eigenvalue weighted by Crippen LogP contribution is 2.52. The van der Waals surface area contributed by atoms with Gasteiger partial charge in [-0.05, 0) is 65.9 Å². The van der Waals surface area contributed by atoms with Crippen LogP contribution in [0.2, 0.25) is 10.0 Å². The predicted octanol–water partition coefficient (Wildman–Crippen LogP) is 5.01. The topological polar surface area (TPSA) is 121 Å². The molecule has 2 atom stereocenters. The van der Waals surface area contributed by atoms with Crippen LogP contribution in [0.3, 0.4) is 0 Å². The number of carboxylic acid groups (broad SMARTS) is 1. The van der Waals surface area contributed by atoms with Crippen molar-refractivity contribution in [2.24, 2.45) is 0 Å². The first-order valence-electron chi connectivity index (χ1n) is 13.0. The maximum Gasteiger partial charge on any atom is 0.330 e. The van der Waals surface area contributed by atoms with Crippen molar-refractivity contribution in [2.75, 3.05) is 12.8 Å². The number of halogens is 4. The van der Waals surface area contributed by atoms with E-state index in [0.29, 0.717) is 16.7 Å². The summed E-state index contributed by atoms with van der Waals surface area (Å²) in [7, 11) is -3.53. The lowest BCUT2D eigenvalue weighted by Gasteiger charge is -2.30. The Morgan fingerprint density at radius 3 is 2.42 bits per heavy atom. The van der Waals surface area contributed by atoms with Gasteiger partial charge in [0.15, 0.2) is 9.84 Å². The number of carboxylic acids is 1. The molecule has 1 saturated carbocycles. The highest BCUT2D eigenvalue weighted by Gasteiger charge is 2.62. The van der Waals surface area contributed by atoms with Crippen LogP contribution in [-0.4, -0.2) is 54.5 Å². The molecule has 0 bridgehead atoms. The lowest BCUT2D eigenvalue weighted by molar-refractivity contribution is -0.140. The van der Waals surface area contributed by atoms with Crippen molar-refractivity contribution in [2.45, 2.75) is 35.7 Å². The molecule has 1 fully saturated rings. The average Bonchev–Trinajstić information content (AvgIpc) is 3.67. The van der Waals surface area contributed by atoms with E-state index in [4.69, 9.17) is 23.2 Å². The summed E-state index contributed by atoms with van der Waals surface area (Å²) < 4.78 is 51.8. The number of amides is 2. The fourth-order valence-electron chi connectivity index (χ4n) is 5.30. The van der Waals surface area contributed by atoms with Crippen molar-refractivity contribution < 1.29 is 36.7 Å². The van der Waals surface area contributed by atoms with Crippen molar-refractivity contribution >= 4 is 56.9 Å². The van der Waals surface area contributed by atoms with Crippen molar-refractivity contribution in [1.29, 1.82) is 0 Å². The fraction of sp³-hybridized carbons (Fsp3) is 0.233. The maximum atomic E-state index is 13.9. The van der Waals surface area contributed by atoms with Gasteiger partial charge in [0.05, 0.1) is 20.5 Å². The Morgan fingerprint density at radius 2 is 1.77 bits per heavy atom. The van der Waals surface area contributed by atoms with E-state index in [1.165, 1.54) is 35.2 Å². The Hall–Kier alpha value is -3.80. The van der Waals surface area contributed by atoms with E-state index in [0.717, 1.165) is 30.5 Å². The monoisotopic (exact) mass is 648 g/mol. The summed E-state index contributed by atoms with van der Waals surface area (Å²) in [5, 5.41) is 12.6. The normalized spacial score (nSPS) is 19.7. The van der Waals surface area contributed by atoms with Gasteiger partial charge in [0.25, 0.3) is 5.91 Å². The molecular formula is C30H24Cl2F2N2O6S. The van der Waals surface area contributed by atoms with Gasteiger partial charge >= 0.3 is 5.97 Å². The summed E-state index contributed by atoms with van der Waals surface area (Å²) in [6, 6.07) is 10.8. The number of hydrogen-bond donors (Lipinski definition) is 2. The lowest BCUT2D eigenvalue weighted by atomic mass is 9.96. The molecule has 2 aliphatic rings. The predicted molar refractivity (Wildman–Crippen MR) is 156 cm³/mol. The van der Waals surface area contributed by atoms with Gasteiger partial charge in [0.1, 0.15) is 17.2 Å². The molecule has 0 spiro atoms. The molecule has 8 nitrogen and oxygen atoms in total. The van der Waals surface area contributed by atoms with E-state index in [-0.39, 0.29) is 52.0 Å². The van der Waals surface area contributed by atoms with Gasteiger partial charge in [-0.3, -0.25) is 9.59 Å². The Bertz CT molecular complexity index is 1810. The second-order valence-corrected chi connectivity index (χ2v) is 13.3. The zero-order chi connectivity index (χ0) is 31.3. The van der Waals surface area contributed by atoms with E-state index < -0.39 is 50.7 Å². The fourth-order valence-corrected chi connectivity index (χ4v) is 6.74. The Labute approximate surface area is 255 Å². The first kappa shape index (κ1) is 30.7. The lowest BCUT2D eigenvalue weighted by Crippen LogP contribution is -2.45. The molecule has 13 heteroatoms. The van der Waals surface area contributed by atoms with Gasteiger partial charge in [-0.1, -0.05) is 41.4 Å². The van der Waals surface area contributed by atoms with Crippen LogP contribution in [0.15, 0.2) is 59.5 Å². The van der Waals surface area contributed by atoms with E-state index in [9.17, 15) is 36.7 Å². The number of hydrogen-bond acceptors (Lipinski definition) is 5. The third-order valence-corrected chi connectivity index (χ3v) is 9.53. The van der Waals surface area contributed by atoms with Crippen LogP contribution in [0.5, 0.6) is 0 Å². The second-order valence-electron chi connectivity index (χ2n) is 10.5. The first-order chi connectivity index (χ1) is 20.2. The van der Waals surface area contributed by atoms with E-state index >= 15 is 0 Å². The highest BCUT2D eigenvalue weighted by atomic mass is 35.5. The number of carbonyl (C=O) groups is 3. The van der Waals surface area contributed by atoms with Crippen LogP contribution in [0.1, 0.15) is 45.0 Å². The van der Waals surface area contributed by atoms with Gasteiger partial charge < -0.3 is 15.3 Å². The second kappa shape index (κ2) is 11.4. The number of nitrogens with zero attached hydrogens (tertiary/aromatic N) is 1. The Morgan fingerprint density at radius 1 is 1.09 bits per heavy atom. The highest BCUT2D eigenvalue weighted by molar-refractivity contribution is 7.90. The minimum absolute atomic E-state index is 0.0212. The van der Waals surface area contributed by atoms with E-state index in [2.05, 4.69) is 5.32 Å². The number of benzene rings is 3. The summed E-state index contributed by atoms with van der Waals surface area (Å²) in [4.78, 5) is 40.0. The number of sulfone groups is 1. The van der Waals surface area contributed by atoms with Crippen molar-refractivity contribution in [3.63, 3.8) is 0 Å². The molecule has 3 aromatic carbocycles. The zero-order valence-corrected chi connectivity index (χ0v) is 24.9.